The number of ether oxygens (including phenoxy) is 3. The Balaban J connectivity index is 1.78. The molecule has 7 nitrogen and oxygen atoms in total. The molecule has 3 aromatic rings. The first-order valence-electron chi connectivity index (χ1n) is 9.62. The standard InChI is InChI=1S/C23H27N3O4/c1-14-11-15(2)26(25-14)19-9-7-17(8-10-19)23(27)24-16(3)18-12-20(28-4)22(30-6)21(13-18)29-5/h7-13,16H,1-6H3,(H,24,27). The second kappa shape index (κ2) is 8.90. The van der Waals surface area contributed by atoms with Crippen LogP contribution in [0.4, 0.5) is 0 Å². The van der Waals surface area contributed by atoms with E-state index in [0.29, 0.717) is 22.8 Å². The molecule has 0 saturated carbocycles. The maximum atomic E-state index is 12.8. The number of benzene rings is 2. The summed E-state index contributed by atoms with van der Waals surface area (Å²) < 4.78 is 18.0. The molecule has 1 atom stereocenters. The number of carbonyl (C=O) groups is 1. The molecule has 158 valence electrons. The van der Waals surface area contributed by atoms with Crippen LogP contribution in [0, 0.1) is 13.8 Å². The number of methoxy groups -OCH3 is 3. The molecule has 7 heteroatoms. The largest absolute Gasteiger partial charge is 0.493 e. The van der Waals surface area contributed by atoms with Crippen molar-refractivity contribution in [3.63, 3.8) is 0 Å². The van der Waals surface area contributed by atoms with Crippen molar-refractivity contribution in [2.75, 3.05) is 21.3 Å². The molecular formula is C23H27N3O4. The van der Waals surface area contributed by atoms with Gasteiger partial charge >= 0.3 is 0 Å². The smallest absolute Gasteiger partial charge is 0.251 e. The van der Waals surface area contributed by atoms with Gasteiger partial charge in [-0.3, -0.25) is 4.79 Å². The summed E-state index contributed by atoms with van der Waals surface area (Å²) >= 11 is 0. The number of nitrogens with zero attached hydrogens (tertiary/aromatic N) is 2. The molecule has 3 rings (SSSR count). The van der Waals surface area contributed by atoms with E-state index in [0.717, 1.165) is 22.6 Å². The summed E-state index contributed by atoms with van der Waals surface area (Å²) in [6.45, 7) is 5.86. The van der Waals surface area contributed by atoms with Crippen LogP contribution in [0.2, 0.25) is 0 Å². The summed E-state index contributed by atoms with van der Waals surface area (Å²) in [5.74, 6) is 1.43. The molecule has 0 fully saturated rings. The molecule has 0 aliphatic rings. The summed E-state index contributed by atoms with van der Waals surface area (Å²) in [6.07, 6.45) is 0. The maximum absolute atomic E-state index is 12.8. The van der Waals surface area contributed by atoms with Crippen LogP contribution in [0.25, 0.3) is 5.69 Å². The third-order valence-electron chi connectivity index (χ3n) is 4.92. The quantitative estimate of drug-likeness (QED) is 0.638. The van der Waals surface area contributed by atoms with E-state index < -0.39 is 0 Å². The van der Waals surface area contributed by atoms with Crippen LogP contribution in [0.15, 0.2) is 42.5 Å². The Labute approximate surface area is 176 Å². The lowest BCUT2D eigenvalue weighted by Gasteiger charge is -2.19. The van der Waals surface area contributed by atoms with E-state index in [9.17, 15) is 4.79 Å². The average molecular weight is 409 g/mol. The van der Waals surface area contributed by atoms with E-state index in [2.05, 4.69) is 10.4 Å². The van der Waals surface area contributed by atoms with E-state index in [4.69, 9.17) is 14.2 Å². The fourth-order valence-corrected chi connectivity index (χ4v) is 3.36. The van der Waals surface area contributed by atoms with E-state index in [1.54, 1.807) is 33.5 Å². The lowest BCUT2D eigenvalue weighted by atomic mass is 10.1. The SMILES string of the molecule is COc1cc(C(C)NC(=O)c2ccc(-n3nc(C)cc3C)cc2)cc(OC)c1OC. The number of amides is 1. The van der Waals surface area contributed by atoms with Crippen LogP contribution in [-0.2, 0) is 0 Å². The molecule has 1 aromatic heterocycles. The van der Waals surface area contributed by atoms with Crippen molar-refractivity contribution in [1.82, 2.24) is 15.1 Å². The normalized spacial score (nSPS) is 11.7. The first kappa shape index (κ1) is 21.2. The molecule has 1 amide bonds. The number of aromatic nitrogens is 2. The van der Waals surface area contributed by atoms with Gasteiger partial charge in [-0.1, -0.05) is 0 Å². The highest BCUT2D eigenvalue weighted by molar-refractivity contribution is 5.94. The van der Waals surface area contributed by atoms with E-state index >= 15 is 0 Å². The van der Waals surface area contributed by atoms with Gasteiger partial charge in [0.15, 0.2) is 11.5 Å². The van der Waals surface area contributed by atoms with Gasteiger partial charge in [0.05, 0.1) is 38.8 Å². The molecule has 0 aliphatic carbocycles. The molecular weight excluding hydrogens is 382 g/mol. The second-order valence-corrected chi connectivity index (χ2v) is 7.04. The first-order chi connectivity index (χ1) is 14.4. The summed E-state index contributed by atoms with van der Waals surface area (Å²) in [4.78, 5) is 12.8. The number of hydrogen-bond acceptors (Lipinski definition) is 5. The monoisotopic (exact) mass is 409 g/mol. The zero-order valence-corrected chi connectivity index (χ0v) is 18.1. The fraction of sp³-hybridized carbons (Fsp3) is 0.304. The van der Waals surface area contributed by atoms with Crippen molar-refractivity contribution in [2.24, 2.45) is 0 Å². The zero-order chi connectivity index (χ0) is 21.8. The van der Waals surface area contributed by atoms with E-state index in [1.807, 2.05) is 55.8 Å². The lowest BCUT2D eigenvalue weighted by molar-refractivity contribution is 0.0939. The van der Waals surface area contributed by atoms with Crippen molar-refractivity contribution >= 4 is 5.91 Å². The Morgan fingerprint density at radius 2 is 1.57 bits per heavy atom. The number of carbonyl (C=O) groups excluding carboxylic acids is 1. The highest BCUT2D eigenvalue weighted by Gasteiger charge is 2.18. The number of hydrogen-bond donors (Lipinski definition) is 1. The Hall–Kier alpha value is -3.48. The van der Waals surface area contributed by atoms with Crippen molar-refractivity contribution < 1.29 is 19.0 Å². The van der Waals surface area contributed by atoms with Crippen LogP contribution < -0.4 is 19.5 Å². The molecule has 1 unspecified atom stereocenters. The van der Waals surface area contributed by atoms with Gasteiger partial charge in [0.1, 0.15) is 0 Å². The third kappa shape index (κ3) is 4.25. The lowest BCUT2D eigenvalue weighted by Crippen LogP contribution is -2.26. The molecule has 1 N–H and O–H groups in total. The van der Waals surface area contributed by atoms with Gasteiger partial charge < -0.3 is 19.5 Å². The summed E-state index contributed by atoms with van der Waals surface area (Å²) in [6, 6.07) is 12.8. The molecule has 0 radical (unpaired) electrons. The highest BCUT2D eigenvalue weighted by Crippen LogP contribution is 2.39. The minimum Gasteiger partial charge on any atom is -0.493 e. The van der Waals surface area contributed by atoms with Crippen LogP contribution in [0.5, 0.6) is 17.2 Å². The van der Waals surface area contributed by atoms with Gasteiger partial charge in [0.25, 0.3) is 5.91 Å². The molecule has 0 aliphatic heterocycles. The number of aryl methyl sites for hydroxylation is 2. The van der Waals surface area contributed by atoms with Crippen LogP contribution in [-0.4, -0.2) is 37.0 Å². The van der Waals surface area contributed by atoms with Crippen molar-refractivity contribution in [3.05, 3.63) is 65.0 Å². The van der Waals surface area contributed by atoms with Gasteiger partial charge in [-0.15, -0.1) is 0 Å². The Morgan fingerprint density at radius 1 is 0.967 bits per heavy atom. The summed E-state index contributed by atoms with van der Waals surface area (Å²) in [5, 5.41) is 7.49. The van der Waals surface area contributed by atoms with Crippen molar-refractivity contribution in [2.45, 2.75) is 26.8 Å². The van der Waals surface area contributed by atoms with Crippen LogP contribution >= 0.6 is 0 Å². The predicted molar refractivity (Wildman–Crippen MR) is 115 cm³/mol. The third-order valence-corrected chi connectivity index (χ3v) is 4.92. The highest BCUT2D eigenvalue weighted by atomic mass is 16.5. The fourth-order valence-electron chi connectivity index (χ4n) is 3.36. The Morgan fingerprint density at radius 3 is 2.03 bits per heavy atom. The minimum atomic E-state index is -0.262. The van der Waals surface area contributed by atoms with Crippen LogP contribution in [0.1, 0.15) is 40.3 Å². The van der Waals surface area contributed by atoms with Gasteiger partial charge in [-0.05, 0) is 68.8 Å². The number of nitrogens with one attached hydrogen (secondary N) is 1. The molecule has 30 heavy (non-hydrogen) atoms. The zero-order valence-electron chi connectivity index (χ0n) is 18.1. The molecule has 2 aromatic carbocycles. The van der Waals surface area contributed by atoms with Crippen LogP contribution in [0.3, 0.4) is 0 Å². The number of rotatable bonds is 7. The average Bonchev–Trinajstić information content (AvgIpc) is 3.10. The molecule has 0 bridgehead atoms. The van der Waals surface area contributed by atoms with Gasteiger partial charge in [0.2, 0.25) is 5.75 Å². The topological polar surface area (TPSA) is 74.6 Å². The first-order valence-corrected chi connectivity index (χ1v) is 9.62. The second-order valence-electron chi connectivity index (χ2n) is 7.04. The van der Waals surface area contributed by atoms with E-state index in [1.165, 1.54) is 0 Å². The van der Waals surface area contributed by atoms with Crippen molar-refractivity contribution in [1.29, 1.82) is 0 Å². The van der Waals surface area contributed by atoms with Gasteiger partial charge in [-0.25, -0.2) is 4.68 Å². The van der Waals surface area contributed by atoms with Gasteiger partial charge in [0, 0.05) is 11.3 Å². The molecule has 0 spiro atoms. The Kier molecular flexibility index (Phi) is 6.30. The molecule has 1 heterocycles. The van der Waals surface area contributed by atoms with Crippen molar-refractivity contribution in [3.8, 4) is 22.9 Å². The summed E-state index contributed by atoms with van der Waals surface area (Å²) in [7, 11) is 4.68. The van der Waals surface area contributed by atoms with Gasteiger partial charge in [-0.2, -0.15) is 5.10 Å². The Bertz CT molecular complexity index is 1020. The maximum Gasteiger partial charge on any atom is 0.251 e. The molecule has 0 saturated heterocycles. The summed E-state index contributed by atoms with van der Waals surface area (Å²) in [5.41, 5.74) is 4.32. The van der Waals surface area contributed by atoms with E-state index in [-0.39, 0.29) is 11.9 Å². The predicted octanol–water partition coefficient (Wildman–Crippen LogP) is 4.01. The minimum absolute atomic E-state index is 0.170.